The first-order chi connectivity index (χ1) is 8.70. The van der Waals surface area contributed by atoms with Gasteiger partial charge in [0.05, 0.1) is 6.04 Å². The smallest absolute Gasteiger partial charge is 0.134 e. The van der Waals surface area contributed by atoms with Crippen LogP contribution in [0.15, 0.2) is 22.6 Å². The van der Waals surface area contributed by atoms with Crippen LogP contribution >= 0.6 is 0 Å². The molecule has 3 rings (SSSR count). The van der Waals surface area contributed by atoms with Crippen molar-refractivity contribution in [2.24, 2.45) is 5.92 Å². The molecule has 1 aliphatic rings. The number of benzene rings is 1. The maximum Gasteiger partial charge on any atom is 0.134 e. The molecule has 0 amide bonds. The van der Waals surface area contributed by atoms with Crippen LogP contribution in [-0.4, -0.2) is 6.54 Å². The van der Waals surface area contributed by atoms with E-state index in [2.05, 4.69) is 12.2 Å². The van der Waals surface area contributed by atoms with Crippen LogP contribution in [0, 0.1) is 18.7 Å². The second-order valence-corrected chi connectivity index (χ2v) is 5.10. The van der Waals surface area contributed by atoms with Crippen LogP contribution in [0.4, 0.5) is 4.39 Å². The molecule has 1 N–H and O–H groups in total. The zero-order valence-corrected chi connectivity index (χ0v) is 10.8. The molecule has 2 aromatic rings. The van der Waals surface area contributed by atoms with Gasteiger partial charge in [-0.05, 0) is 50.4 Å². The Balaban J connectivity index is 2.07. The van der Waals surface area contributed by atoms with E-state index in [1.165, 1.54) is 18.9 Å². The molecular formula is C15H18FNO. The predicted octanol–water partition coefficient (Wildman–Crippen LogP) is 3.94. The molecule has 96 valence electrons. The first-order valence-corrected chi connectivity index (χ1v) is 6.62. The first-order valence-electron chi connectivity index (χ1n) is 6.62. The third-order valence-corrected chi connectivity index (χ3v) is 3.74. The summed E-state index contributed by atoms with van der Waals surface area (Å²) in [6, 6.07) is 5.02. The monoisotopic (exact) mass is 247 g/mol. The Labute approximate surface area is 106 Å². The van der Waals surface area contributed by atoms with Crippen molar-refractivity contribution in [3.05, 3.63) is 35.3 Å². The van der Waals surface area contributed by atoms with E-state index in [1.807, 2.05) is 6.92 Å². The Morgan fingerprint density at radius 2 is 2.22 bits per heavy atom. The maximum atomic E-state index is 13.3. The number of furan rings is 1. The molecule has 3 heteroatoms. The summed E-state index contributed by atoms with van der Waals surface area (Å²) in [4.78, 5) is 0. The van der Waals surface area contributed by atoms with Gasteiger partial charge in [-0.25, -0.2) is 4.39 Å². The molecule has 0 spiro atoms. The lowest BCUT2D eigenvalue weighted by Crippen LogP contribution is -2.22. The van der Waals surface area contributed by atoms with Crippen molar-refractivity contribution >= 4 is 11.0 Å². The van der Waals surface area contributed by atoms with E-state index in [0.717, 1.165) is 28.8 Å². The van der Waals surface area contributed by atoms with Crippen LogP contribution in [0.3, 0.4) is 0 Å². The molecule has 1 aromatic carbocycles. The number of hydrogen-bond donors (Lipinski definition) is 1. The van der Waals surface area contributed by atoms with Gasteiger partial charge >= 0.3 is 0 Å². The molecule has 1 aromatic heterocycles. The normalized spacial score (nSPS) is 17.3. The van der Waals surface area contributed by atoms with Gasteiger partial charge in [-0.15, -0.1) is 0 Å². The Hall–Kier alpha value is -1.35. The molecule has 1 fully saturated rings. The second-order valence-electron chi connectivity index (χ2n) is 5.10. The van der Waals surface area contributed by atoms with E-state index in [9.17, 15) is 4.39 Å². The Morgan fingerprint density at radius 3 is 2.89 bits per heavy atom. The average Bonchev–Trinajstić information content (AvgIpc) is 3.14. The van der Waals surface area contributed by atoms with Gasteiger partial charge in [0, 0.05) is 10.9 Å². The summed E-state index contributed by atoms with van der Waals surface area (Å²) < 4.78 is 19.2. The van der Waals surface area contributed by atoms with Gasteiger partial charge in [0.1, 0.15) is 17.2 Å². The minimum Gasteiger partial charge on any atom is -0.459 e. The van der Waals surface area contributed by atoms with Gasteiger partial charge in [0.15, 0.2) is 0 Å². The predicted molar refractivity (Wildman–Crippen MR) is 70.1 cm³/mol. The summed E-state index contributed by atoms with van der Waals surface area (Å²) in [6.07, 6.45) is 2.50. The SMILES string of the molecule is CCNC(c1oc2ccc(F)cc2c1C)C1CC1. The molecule has 0 aliphatic heterocycles. The van der Waals surface area contributed by atoms with E-state index in [-0.39, 0.29) is 11.9 Å². The van der Waals surface area contributed by atoms with E-state index in [0.29, 0.717) is 5.92 Å². The lowest BCUT2D eigenvalue weighted by atomic mass is 10.0. The van der Waals surface area contributed by atoms with Crippen molar-refractivity contribution in [1.82, 2.24) is 5.32 Å². The number of rotatable bonds is 4. The van der Waals surface area contributed by atoms with Crippen LogP contribution in [0.25, 0.3) is 11.0 Å². The third-order valence-electron chi connectivity index (χ3n) is 3.74. The second kappa shape index (κ2) is 4.39. The van der Waals surface area contributed by atoms with Gasteiger partial charge in [-0.2, -0.15) is 0 Å². The summed E-state index contributed by atoms with van der Waals surface area (Å²) in [5.74, 6) is 1.46. The van der Waals surface area contributed by atoms with Gasteiger partial charge in [0.25, 0.3) is 0 Å². The highest BCUT2D eigenvalue weighted by Crippen LogP contribution is 2.43. The fourth-order valence-electron chi connectivity index (χ4n) is 2.63. The number of halogens is 1. The number of hydrogen-bond acceptors (Lipinski definition) is 2. The van der Waals surface area contributed by atoms with Crippen LogP contribution in [-0.2, 0) is 0 Å². The lowest BCUT2D eigenvalue weighted by molar-refractivity contribution is 0.400. The minimum absolute atomic E-state index is 0.204. The van der Waals surface area contributed by atoms with Crippen molar-refractivity contribution in [3.8, 4) is 0 Å². The Kier molecular flexibility index (Phi) is 2.86. The van der Waals surface area contributed by atoms with Crippen LogP contribution in [0.1, 0.15) is 37.1 Å². The number of aryl methyl sites for hydroxylation is 1. The molecule has 1 heterocycles. The third kappa shape index (κ3) is 1.93. The van der Waals surface area contributed by atoms with Crippen molar-refractivity contribution in [2.75, 3.05) is 6.54 Å². The van der Waals surface area contributed by atoms with Crippen LogP contribution in [0.2, 0.25) is 0 Å². The van der Waals surface area contributed by atoms with Crippen molar-refractivity contribution in [2.45, 2.75) is 32.7 Å². The topological polar surface area (TPSA) is 25.2 Å². The largest absolute Gasteiger partial charge is 0.459 e. The van der Waals surface area contributed by atoms with Gasteiger partial charge in [-0.1, -0.05) is 6.92 Å². The Bertz CT molecular complexity index is 571. The van der Waals surface area contributed by atoms with Crippen LogP contribution < -0.4 is 5.32 Å². The van der Waals surface area contributed by atoms with Crippen molar-refractivity contribution < 1.29 is 8.81 Å². The molecule has 18 heavy (non-hydrogen) atoms. The summed E-state index contributed by atoms with van der Waals surface area (Å²) in [5.41, 5.74) is 1.86. The van der Waals surface area contributed by atoms with Gasteiger partial charge in [0.2, 0.25) is 0 Å². The standard InChI is InChI=1S/C15H18FNO/c1-3-17-14(10-4-5-10)15-9(2)12-8-11(16)6-7-13(12)18-15/h6-8,10,14,17H,3-5H2,1-2H3. The molecule has 0 saturated heterocycles. The lowest BCUT2D eigenvalue weighted by Gasteiger charge is -2.15. The fraction of sp³-hybridized carbons (Fsp3) is 0.467. The van der Waals surface area contributed by atoms with E-state index in [1.54, 1.807) is 12.1 Å². The highest BCUT2D eigenvalue weighted by Gasteiger charge is 2.35. The molecule has 1 unspecified atom stereocenters. The summed E-state index contributed by atoms with van der Waals surface area (Å²) in [7, 11) is 0. The maximum absolute atomic E-state index is 13.3. The quantitative estimate of drug-likeness (QED) is 0.885. The fourth-order valence-corrected chi connectivity index (χ4v) is 2.63. The van der Waals surface area contributed by atoms with Crippen molar-refractivity contribution in [1.29, 1.82) is 0 Å². The van der Waals surface area contributed by atoms with Crippen LogP contribution in [0.5, 0.6) is 0 Å². The number of fused-ring (bicyclic) bond motifs is 1. The molecule has 2 nitrogen and oxygen atoms in total. The van der Waals surface area contributed by atoms with Crippen molar-refractivity contribution in [3.63, 3.8) is 0 Å². The summed E-state index contributed by atoms with van der Waals surface area (Å²) in [6.45, 7) is 5.05. The zero-order chi connectivity index (χ0) is 12.7. The summed E-state index contributed by atoms with van der Waals surface area (Å²) in [5, 5.41) is 4.39. The molecule has 1 saturated carbocycles. The highest BCUT2D eigenvalue weighted by molar-refractivity contribution is 5.82. The van der Waals surface area contributed by atoms with E-state index < -0.39 is 0 Å². The highest BCUT2D eigenvalue weighted by atomic mass is 19.1. The Morgan fingerprint density at radius 1 is 1.44 bits per heavy atom. The first kappa shape index (κ1) is 11.7. The van der Waals surface area contributed by atoms with Gasteiger partial charge < -0.3 is 9.73 Å². The molecule has 1 atom stereocenters. The molecule has 0 bridgehead atoms. The van der Waals surface area contributed by atoms with Gasteiger partial charge in [-0.3, -0.25) is 0 Å². The molecule has 0 radical (unpaired) electrons. The number of nitrogens with one attached hydrogen (secondary N) is 1. The summed E-state index contributed by atoms with van der Waals surface area (Å²) >= 11 is 0. The van der Waals surface area contributed by atoms with E-state index >= 15 is 0 Å². The average molecular weight is 247 g/mol. The minimum atomic E-state index is -0.204. The van der Waals surface area contributed by atoms with E-state index in [4.69, 9.17) is 4.42 Å². The molecular weight excluding hydrogens is 229 g/mol. The zero-order valence-electron chi connectivity index (χ0n) is 10.8. The molecule has 1 aliphatic carbocycles.